The van der Waals surface area contributed by atoms with Gasteiger partial charge < -0.3 is 15.5 Å². The van der Waals surface area contributed by atoms with Crippen molar-refractivity contribution in [2.75, 3.05) is 11.9 Å². The van der Waals surface area contributed by atoms with Crippen molar-refractivity contribution >= 4 is 11.8 Å². The zero-order chi connectivity index (χ0) is 14.3. The van der Waals surface area contributed by atoms with Crippen molar-refractivity contribution in [2.24, 2.45) is 0 Å². The second-order valence-electron chi connectivity index (χ2n) is 4.79. The SMILES string of the molecule is CCCC(O)(CCC)CNc1cccc(C(=O)O)n1. The van der Waals surface area contributed by atoms with Gasteiger partial charge in [-0.1, -0.05) is 32.8 Å². The molecule has 19 heavy (non-hydrogen) atoms. The van der Waals surface area contributed by atoms with Gasteiger partial charge in [0.2, 0.25) is 0 Å². The van der Waals surface area contributed by atoms with E-state index in [1.807, 2.05) is 13.8 Å². The van der Waals surface area contributed by atoms with E-state index in [0.717, 1.165) is 12.8 Å². The molecule has 0 atom stereocenters. The van der Waals surface area contributed by atoms with Gasteiger partial charge in [0.05, 0.1) is 5.60 Å². The van der Waals surface area contributed by atoms with Gasteiger partial charge in [0, 0.05) is 6.54 Å². The van der Waals surface area contributed by atoms with Crippen molar-refractivity contribution in [1.29, 1.82) is 0 Å². The number of pyridine rings is 1. The minimum Gasteiger partial charge on any atom is -0.477 e. The number of aromatic carboxylic acids is 1. The Morgan fingerprint density at radius 1 is 1.32 bits per heavy atom. The van der Waals surface area contributed by atoms with Crippen LogP contribution in [-0.2, 0) is 0 Å². The van der Waals surface area contributed by atoms with E-state index >= 15 is 0 Å². The minimum absolute atomic E-state index is 0.000442. The largest absolute Gasteiger partial charge is 0.477 e. The molecular formula is C14H22N2O3. The number of nitrogens with zero attached hydrogens (tertiary/aromatic N) is 1. The Morgan fingerprint density at radius 3 is 2.47 bits per heavy atom. The highest BCUT2D eigenvalue weighted by Gasteiger charge is 2.24. The number of rotatable bonds is 8. The van der Waals surface area contributed by atoms with Crippen molar-refractivity contribution < 1.29 is 15.0 Å². The predicted molar refractivity (Wildman–Crippen MR) is 74.5 cm³/mol. The van der Waals surface area contributed by atoms with Gasteiger partial charge in [-0.15, -0.1) is 0 Å². The minimum atomic E-state index is -1.05. The number of anilines is 1. The first-order chi connectivity index (χ1) is 9.00. The lowest BCUT2D eigenvalue weighted by Gasteiger charge is -2.28. The molecule has 0 aromatic carbocycles. The molecular weight excluding hydrogens is 244 g/mol. The smallest absolute Gasteiger partial charge is 0.354 e. The average molecular weight is 266 g/mol. The van der Waals surface area contributed by atoms with Crippen LogP contribution in [0.25, 0.3) is 0 Å². The highest BCUT2D eigenvalue weighted by Crippen LogP contribution is 2.20. The molecule has 0 unspecified atom stereocenters. The van der Waals surface area contributed by atoms with Crippen LogP contribution in [0.3, 0.4) is 0 Å². The third kappa shape index (κ3) is 4.87. The molecule has 0 radical (unpaired) electrons. The summed E-state index contributed by atoms with van der Waals surface area (Å²) in [6, 6.07) is 4.78. The molecule has 0 bridgehead atoms. The van der Waals surface area contributed by atoms with Crippen LogP contribution in [0.1, 0.15) is 50.0 Å². The summed E-state index contributed by atoms with van der Waals surface area (Å²) >= 11 is 0. The van der Waals surface area contributed by atoms with Crippen LogP contribution in [0.15, 0.2) is 18.2 Å². The second-order valence-corrected chi connectivity index (χ2v) is 4.79. The molecule has 5 nitrogen and oxygen atoms in total. The van der Waals surface area contributed by atoms with Crippen LogP contribution in [0, 0.1) is 0 Å². The van der Waals surface area contributed by atoms with Crippen LogP contribution in [0.2, 0.25) is 0 Å². The standard InChI is InChI=1S/C14H22N2O3/c1-3-8-14(19,9-4-2)10-15-12-7-5-6-11(16-12)13(17)18/h5-7,19H,3-4,8-10H2,1-2H3,(H,15,16)(H,17,18). The van der Waals surface area contributed by atoms with Gasteiger partial charge in [0.25, 0.3) is 0 Å². The summed E-state index contributed by atoms with van der Waals surface area (Å²) in [5.74, 6) is -0.577. The van der Waals surface area contributed by atoms with Crippen LogP contribution in [-0.4, -0.2) is 33.3 Å². The lowest BCUT2D eigenvalue weighted by Crippen LogP contribution is -2.37. The maximum atomic E-state index is 10.8. The number of aliphatic hydroxyl groups is 1. The van der Waals surface area contributed by atoms with E-state index in [9.17, 15) is 9.90 Å². The Hall–Kier alpha value is -1.62. The maximum absolute atomic E-state index is 10.8. The zero-order valence-electron chi connectivity index (χ0n) is 11.5. The van der Waals surface area contributed by atoms with Crippen LogP contribution in [0.4, 0.5) is 5.82 Å². The van der Waals surface area contributed by atoms with Crippen molar-refractivity contribution in [3.63, 3.8) is 0 Å². The summed E-state index contributed by atoms with van der Waals surface area (Å²) in [6.07, 6.45) is 3.24. The number of carboxylic acids is 1. The van der Waals surface area contributed by atoms with Gasteiger partial charge in [0.1, 0.15) is 5.82 Å². The summed E-state index contributed by atoms with van der Waals surface area (Å²) in [6.45, 7) is 4.44. The van der Waals surface area contributed by atoms with E-state index in [4.69, 9.17) is 5.11 Å². The van der Waals surface area contributed by atoms with E-state index in [1.54, 1.807) is 12.1 Å². The summed E-state index contributed by atoms with van der Waals surface area (Å²) in [5.41, 5.74) is -0.760. The van der Waals surface area contributed by atoms with Gasteiger partial charge >= 0.3 is 5.97 Å². The highest BCUT2D eigenvalue weighted by molar-refractivity contribution is 5.85. The fourth-order valence-corrected chi connectivity index (χ4v) is 2.14. The molecule has 0 amide bonds. The quantitative estimate of drug-likeness (QED) is 0.673. The van der Waals surface area contributed by atoms with Crippen molar-refractivity contribution in [3.8, 4) is 0 Å². The molecule has 0 spiro atoms. The number of hydrogen-bond donors (Lipinski definition) is 3. The Labute approximate surface area is 113 Å². The maximum Gasteiger partial charge on any atom is 0.354 e. The summed E-state index contributed by atoms with van der Waals surface area (Å²) in [7, 11) is 0. The first-order valence-electron chi connectivity index (χ1n) is 6.67. The van der Waals surface area contributed by atoms with Gasteiger partial charge in [-0.3, -0.25) is 0 Å². The molecule has 1 aromatic rings. The van der Waals surface area contributed by atoms with E-state index in [1.165, 1.54) is 6.07 Å². The highest BCUT2D eigenvalue weighted by atomic mass is 16.4. The van der Waals surface area contributed by atoms with Crippen LogP contribution in [0.5, 0.6) is 0 Å². The molecule has 0 saturated carbocycles. The molecule has 5 heteroatoms. The van der Waals surface area contributed by atoms with Gasteiger partial charge in [-0.05, 0) is 25.0 Å². The fourth-order valence-electron chi connectivity index (χ4n) is 2.14. The van der Waals surface area contributed by atoms with Crippen molar-refractivity contribution in [3.05, 3.63) is 23.9 Å². The Morgan fingerprint density at radius 2 is 1.95 bits per heavy atom. The number of nitrogens with one attached hydrogen (secondary N) is 1. The Kier molecular flexibility index (Phi) is 5.76. The molecule has 106 valence electrons. The van der Waals surface area contributed by atoms with Crippen molar-refractivity contribution in [1.82, 2.24) is 4.98 Å². The monoisotopic (exact) mass is 266 g/mol. The fraction of sp³-hybridized carbons (Fsp3) is 0.571. The topological polar surface area (TPSA) is 82.5 Å². The molecule has 3 N–H and O–H groups in total. The number of carbonyl (C=O) groups is 1. The molecule has 0 aliphatic rings. The molecule has 1 rings (SSSR count). The third-order valence-electron chi connectivity index (χ3n) is 3.00. The number of carboxylic acid groups (broad SMARTS) is 1. The van der Waals surface area contributed by atoms with Crippen LogP contribution < -0.4 is 5.32 Å². The van der Waals surface area contributed by atoms with Crippen LogP contribution >= 0.6 is 0 Å². The number of aromatic nitrogens is 1. The summed E-state index contributed by atoms with van der Waals surface area (Å²) < 4.78 is 0. The average Bonchev–Trinajstić information content (AvgIpc) is 2.37. The molecule has 1 heterocycles. The predicted octanol–water partition coefficient (Wildman–Crippen LogP) is 2.52. The molecule has 1 aromatic heterocycles. The zero-order valence-corrected chi connectivity index (χ0v) is 11.5. The van der Waals surface area contributed by atoms with Gasteiger partial charge in [0.15, 0.2) is 5.69 Å². The molecule has 0 aliphatic carbocycles. The lowest BCUT2D eigenvalue weighted by atomic mass is 9.93. The third-order valence-corrected chi connectivity index (χ3v) is 3.00. The first kappa shape index (κ1) is 15.4. The summed E-state index contributed by atoms with van der Waals surface area (Å²) in [4.78, 5) is 14.8. The molecule has 0 fully saturated rings. The Bertz CT molecular complexity index is 415. The van der Waals surface area contributed by atoms with E-state index in [2.05, 4.69) is 10.3 Å². The second kappa shape index (κ2) is 7.09. The van der Waals surface area contributed by atoms with E-state index in [-0.39, 0.29) is 5.69 Å². The van der Waals surface area contributed by atoms with E-state index in [0.29, 0.717) is 25.2 Å². The molecule has 0 aliphatic heterocycles. The lowest BCUT2D eigenvalue weighted by molar-refractivity contribution is 0.0343. The Balaban J connectivity index is 2.68. The van der Waals surface area contributed by atoms with Crippen molar-refractivity contribution in [2.45, 2.75) is 45.1 Å². The summed E-state index contributed by atoms with van der Waals surface area (Å²) in [5, 5.41) is 22.3. The van der Waals surface area contributed by atoms with Gasteiger partial charge in [-0.25, -0.2) is 9.78 Å². The van der Waals surface area contributed by atoms with Gasteiger partial charge in [-0.2, -0.15) is 0 Å². The first-order valence-corrected chi connectivity index (χ1v) is 6.67. The molecule has 0 saturated heterocycles. The number of hydrogen-bond acceptors (Lipinski definition) is 4. The van der Waals surface area contributed by atoms with E-state index < -0.39 is 11.6 Å². The normalized spacial score (nSPS) is 11.3.